The number of hydrogen-bond donors (Lipinski definition) is 1. The van der Waals surface area contributed by atoms with Gasteiger partial charge in [0.15, 0.2) is 0 Å². The lowest BCUT2D eigenvalue weighted by atomic mass is 10.2. The van der Waals surface area contributed by atoms with Crippen LogP contribution in [0.5, 0.6) is 0 Å². The van der Waals surface area contributed by atoms with Crippen molar-refractivity contribution in [2.75, 3.05) is 16.8 Å². The van der Waals surface area contributed by atoms with E-state index in [-0.39, 0.29) is 0 Å². The van der Waals surface area contributed by atoms with Crippen LogP contribution in [0.15, 0.2) is 30.3 Å². The predicted octanol–water partition coefficient (Wildman–Crippen LogP) is 4.61. The van der Waals surface area contributed by atoms with Gasteiger partial charge in [-0.15, -0.1) is 0 Å². The third kappa shape index (κ3) is 3.81. The van der Waals surface area contributed by atoms with Crippen LogP contribution in [-0.2, 0) is 0 Å². The number of aryl methyl sites for hydroxylation is 2. The van der Waals surface area contributed by atoms with Gasteiger partial charge in [0.25, 0.3) is 0 Å². The summed E-state index contributed by atoms with van der Waals surface area (Å²) in [6, 6.07) is 11.1. The molecule has 1 aliphatic carbocycles. The number of anilines is 3. The smallest absolute Gasteiger partial charge is 0.225 e. The number of aromatic nitrogens is 2. The molecule has 1 aromatic carbocycles. The third-order valence-corrected chi connectivity index (χ3v) is 4.44. The van der Waals surface area contributed by atoms with Gasteiger partial charge in [0.2, 0.25) is 5.95 Å². The van der Waals surface area contributed by atoms with Crippen LogP contribution in [0.25, 0.3) is 0 Å². The van der Waals surface area contributed by atoms with E-state index in [0.717, 1.165) is 24.0 Å². The number of rotatable bonds is 5. The van der Waals surface area contributed by atoms with Crippen LogP contribution in [0.1, 0.15) is 43.9 Å². The molecular weight excluding hydrogens is 284 g/mol. The van der Waals surface area contributed by atoms with E-state index in [4.69, 9.17) is 4.98 Å². The van der Waals surface area contributed by atoms with Crippen LogP contribution >= 0.6 is 0 Å². The summed E-state index contributed by atoms with van der Waals surface area (Å²) in [4.78, 5) is 11.6. The Hall–Kier alpha value is -2.10. The van der Waals surface area contributed by atoms with E-state index in [2.05, 4.69) is 59.4 Å². The lowest BCUT2D eigenvalue weighted by Crippen LogP contribution is -2.21. The summed E-state index contributed by atoms with van der Waals surface area (Å²) in [5.41, 5.74) is 3.44. The standard InChI is InChI=1S/C19H26N4/c1-4-23(17-11-7-8-14(2)12-17)18-13-15(3)20-19(22-18)21-16-9-5-6-10-16/h7-8,11-13,16H,4-6,9-10H2,1-3H3,(H,20,21,22). The van der Waals surface area contributed by atoms with Crippen LogP contribution < -0.4 is 10.2 Å². The van der Waals surface area contributed by atoms with Gasteiger partial charge in [-0.1, -0.05) is 25.0 Å². The zero-order valence-electron chi connectivity index (χ0n) is 14.3. The molecule has 1 heterocycles. The van der Waals surface area contributed by atoms with Crippen molar-refractivity contribution in [3.8, 4) is 0 Å². The fraction of sp³-hybridized carbons (Fsp3) is 0.474. The molecule has 122 valence electrons. The quantitative estimate of drug-likeness (QED) is 0.876. The Morgan fingerprint density at radius 2 is 1.91 bits per heavy atom. The Balaban J connectivity index is 1.89. The minimum Gasteiger partial charge on any atom is -0.351 e. The van der Waals surface area contributed by atoms with Crippen molar-refractivity contribution in [1.29, 1.82) is 0 Å². The number of benzene rings is 1. The van der Waals surface area contributed by atoms with E-state index in [1.54, 1.807) is 0 Å². The largest absolute Gasteiger partial charge is 0.351 e. The van der Waals surface area contributed by atoms with Gasteiger partial charge in [-0.3, -0.25) is 0 Å². The fourth-order valence-corrected chi connectivity index (χ4v) is 3.28. The summed E-state index contributed by atoms with van der Waals surface area (Å²) >= 11 is 0. The van der Waals surface area contributed by atoms with E-state index in [1.807, 2.05) is 6.92 Å². The highest BCUT2D eigenvalue weighted by Crippen LogP contribution is 2.27. The van der Waals surface area contributed by atoms with E-state index in [9.17, 15) is 0 Å². The SMILES string of the molecule is CCN(c1cccc(C)c1)c1cc(C)nc(NC2CCCC2)n1. The Kier molecular flexibility index (Phi) is 4.79. The minimum atomic E-state index is 0.527. The molecule has 0 spiro atoms. The molecule has 4 nitrogen and oxygen atoms in total. The first-order valence-electron chi connectivity index (χ1n) is 8.62. The Morgan fingerprint density at radius 3 is 2.61 bits per heavy atom. The van der Waals surface area contributed by atoms with Crippen molar-refractivity contribution in [3.63, 3.8) is 0 Å². The second-order valence-corrected chi connectivity index (χ2v) is 6.40. The average molecular weight is 310 g/mol. The molecule has 1 fully saturated rings. The average Bonchev–Trinajstić information content (AvgIpc) is 3.00. The van der Waals surface area contributed by atoms with Gasteiger partial charge >= 0.3 is 0 Å². The maximum atomic E-state index is 4.78. The predicted molar refractivity (Wildman–Crippen MR) is 96.5 cm³/mol. The molecule has 0 bridgehead atoms. The van der Waals surface area contributed by atoms with Crippen LogP contribution in [0, 0.1) is 13.8 Å². The molecule has 0 amide bonds. The molecule has 3 rings (SSSR count). The van der Waals surface area contributed by atoms with Crippen LogP contribution in [0.3, 0.4) is 0 Å². The second-order valence-electron chi connectivity index (χ2n) is 6.40. The molecule has 0 unspecified atom stereocenters. The maximum Gasteiger partial charge on any atom is 0.225 e. The molecule has 2 aromatic rings. The zero-order chi connectivity index (χ0) is 16.2. The van der Waals surface area contributed by atoms with Crippen molar-refractivity contribution < 1.29 is 0 Å². The van der Waals surface area contributed by atoms with E-state index in [1.165, 1.54) is 36.9 Å². The lowest BCUT2D eigenvalue weighted by Gasteiger charge is -2.24. The highest BCUT2D eigenvalue weighted by atomic mass is 15.2. The van der Waals surface area contributed by atoms with Gasteiger partial charge in [0.1, 0.15) is 5.82 Å². The third-order valence-electron chi connectivity index (χ3n) is 4.44. The monoisotopic (exact) mass is 310 g/mol. The van der Waals surface area contributed by atoms with Gasteiger partial charge in [0.05, 0.1) is 0 Å². The Labute approximate surface area is 139 Å². The lowest BCUT2D eigenvalue weighted by molar-refractivity contribution is 0.742. The fourth-order valence-electron chi connectivity index (χ4n) is 3.28. The first kappa shape index (κ1) is 15.8. The molecule has 4 heteroatoms. The summed E-state index contributed by atoms with van der Waals surface area (Å²) in [6.07, 6.45) is 5.06. The van der Waals surface area contributed by atoms with Crippen molar-refractivity contribution in [1.82, 2.24) is 9.97 Å². The maximum absolute atomic E-state index is 4.78. The molecule has 0 radical (unpaired) electrons. The van der Waals surface area contributed by atoms with E-state index < -0.39 is 0 Å². The Bertz CT molecular complexity index is 662. The molecule has 0 saturated heterocycles. The molecule has 1 aliphatic rings. The molecule has 1 saturated carbocycles. The summed E-state index contributed by atoms with van der Waals surface area (Å²) < 4.78 is 0. The molecule has 1 N–H and O–H groups in total. The topological polar surface area (TPSA) is 41.1 Å². The number of hydrogen-bond acceptors (Lipinski definition) is 4. The van der Waals surface area contributed by atoms with E-state index >= 15 is 0 Å². The van der Waals surface area contributed by atoms with Crippen molar-refractivity contribution in [2.24, 2.45) is 0 Å². The summed E-state index contributed by atoms with van der Waals surface area (Å²) in [5, 5.41) is 3.51. The van der Waals surface area contributed by atoms with Crippen LogP contribution in [-0.4, -0.2) is 22.6 Å². The van der Waals surface area contributed by atoms with E-state index in [0.29, 0.717) is 6.04 Å². The summed E-state index contributed by atoms with van der Waals surface area (Å²) in [7, 11) is 0. The molecule has 1 aromatic heterocycles. The highest BCUT2D eigenvalue weighted by molar-refractivity contribution is 5.61. The van der Waals surface area contributed by atoms with Crippen LogP contribution in [0.2, 0.25) is 0 Å². The van der Waals surface area contributed by atoms with Crippen LogP contribution in [0.4, 0.5) is 17.5 Å². The van der Waals surface area contributed by atoms with Gasteiger partial charge in [-0.05, 0) is 51.3 Å². The number of nitrogens with zero attached hydrogens (tertiary/aromatic N) is 3. The summed E-state index contributed by atoms with van der Waals surface area (Å²) in [5.74, 6) is 1.73. The van der Waals surface area contributed by atoms with Gasteiger partial charge in [-0.2, -0.15) is 4.98 Å². The first-order valence-corrected chi connectivity index (χ1v) is 8.62. The minimum absolute atomic E-state index is 0.527. The van der Waals surface area contributed by atoms with Gasteiger partial charge < -0.3 is 10.2 Å². The number of nitrogens with one attached hydrogen (secondary N) is 1. The Morgan fingerprint density at radius 1 is 1.13 bits per heavy atom. The molecule has 23 heavy (non-hydrogen) atoms. The normalized spacial score (nSPS) is 14.9. The molecular formula is C19H26N4. The van der Waals surface area contributed by atoms with Crippen molar-refractivity contribution >= 4 is 17.5 Å². The van der Waals surface area contributed by atoms with Crippen molar-refractivity contribution in [2.45, 2.75) is 52.5 Å². The molecule has 0 aliphatic heterocycles. The summed E-state index contributed by atoms with van der Waals surface area (Å²) in [6.45, 7) is 7.19. The van der Waals surface area contributed by atoms with Gasteiger partial charge in [0, 0.05) is 30.0 Å². The van der Waals surface area contributed by atoms with Gasteiger partial charge in [-0.25, -0.2) is 4.98 Å². The zero-order valence-corrected chi connectivity index (χ0v) is 14.3. The molecule has 0 atom stereocenters. The first-order chi connectivity index (χ1) is 11.2. The van der Waals surface area contributed by atoms with Crippen molar-refractivity contribution in [3.05, 3.63) is 41.6 Å². The second kappa shape index (κ2) is 6.99. The highest BCUT2D eigenvalue weighted by Gasteiger charge is 2.17.